The Morgan fingerprint density at radius 1 is 1.03 bits per heavy atom. The molecule has 0 fully saturated rings. The van der Waals surface area contributed by atoms with Gasteiger partial charge in [0.2, 0.25) is 0 Å². The van der Waals surface area contributed by atoms with Crippen LogP contribution in [0.3, 0.4) is 0 Å². The summed E-state index contributed by atoms with van der Waals surface area (Å²) >= 11 is 0. The minimum atomic E-state index is -3.82. The lowest BCUT2D eigenvalue weighted by Gasteiger charge is -2.26. The zero-order valence-electron chi connectivity index (χ0n) is 17.8. The molecule has 32 heavy (non-hydrogen) atoms. The van der Waals surface area contributed by atoms with E-state index < -0.39 is 10.0 Å². The van der Waals surface area contributed by atoms with Gasteiger partial charge < -0.3 is 14.8 Å². The fourth-order valence-corrected chi connectivity index (χ4v) is 4.56. The maximum Gasteiger partial charge on any atom is 0.264 e. The van der Waals surface area contributed by atoms with E-state index >= 15 is 0 Å². The Hall–Kier alpha value is -3.52. The number of hydrogen-bond donors (Lipinski definition) is 1. The highest BCUT2D eigenvalue weighted by atomic mass is 32.2. The van der Waals surface area contributed by atoms with Crippen LogP contribution in [0, 0.1) is 6.92 Å². The molecule has 1 unspecified atom stereocenters. The van der Waals surface area contributed by atoms with Crippen LogP contribution in [0.25, 0.3) is 0 Å². The number of benzene rings is 3. The lowest BCUT2D eigenvalue weighted by Crippen LogP contribution is -2.40. The van der Waals surface area contributed by atoms with E-state index in [1.54, 1.807) is 24.3 Å². The first-order valence-electron chi connectivity index (χ1n) is 10.2. The minimum Gasteiger partial charge on any atom is -0.486 e. The van der Waals surface area contributed by atoms with Crippen LogP contribution >= 0.6 is 0 Å². The average Bonchev–Trinajstić information content (AvgIpc) is 2.82. The van der Waals surface area contributed by atoms with Crippen LogP contribution in [-0.2, 0) is 10.0 Å². The first-order valence-corrected chi connectivity index (χ1v) is 11.6. The molecule has 0 radical (unpaired) electrons. The molecule has 1 aliphatic heterocycles. The summed E-state index contributed by atoms with van der Waals surface area (Å²) in [6.45, 7) is 2.48. The number of nitrogens with one attached hydrogen (secondary N) is 1. The molecule has 1 amide bonds. The Bertz CT molecular complexity index is 1230. The third kappa shape index (κ3) is 4.55. The van der Waals surface area contributed by atoms with Crippen LogP contribution in [0.2, 0.25) is 0 Å². The molecule has 8 heteroatoms. The van der Waals surface area contributed by atoms with Gasteiger partial charge in [-0.25, -0.2) is 8.42 Å². The summed E-state index contributed by atoms with van der Waals surface area (Å²) in [5.41, 5.74) is 1.83. The number of rotatable bonds is 6. The number of anilines is 1. The molecule has 1 aliphatic rings. The van der Waals surface area contributed by atoms with Gasteiger partial charge in [0.05, 0.1) is 17.1 Å². The van der Waals surface area contributed by atoms with Crippen LogP contribution in [0.4, 0.5) is 5.69 Å². The van der Waals surface area contributed by atoms with Gasteiger partial charge in [-0.15, -0.1) is 0 Å². The summed E-state index contributed by atoms with van der Waals surface area (Å²) in [7, 11) is -2.33. The van der Waals surface area contributed by atoms with E-state index in [2.05, 4.69) is 5.32 Å². The van der Waals surface area contributed by atoms with E-state index in [1.165, 1.54) is 23.5 Å². The molecule has 4 rings (SSSR count). The van der Waals surface area contributed by atoms with Gasteiger partial charge in [0.25, 0.3) is 15.9 Å². The van der Waals surface area contributed by atoms with Crippen molar-refractivity contribution in [1.29, 1.82) is 0 Å². The fourth-order valence-electron chi connectivity index (χ4n) is 3.32. The van der Waals surface area contributed by atoms with Gasteiger partial charge in [-0.2, -0.15) is 0 Å². The summed E-state index contributed by atoms with van der Waals surface area (Å²) in [4.78, 5) is 12.7. The summed E-state index contributed by atoms with van der Waals surface area (Å²) < 4.78 is 38.8. The van der Waals surface area contributed by atoms with Gasteiger partial charge in [-0.05, 0) is 49.4 Å². The predicted molar refractivity (Wildman–Crippen MR) is 122 cm³/mol. The normalized spacial score (nSPS) is 15.1. The summed E-state index contributed by atoms with van der Waals surface area (Å²) in [5, 5.41) is 2.79. The Morgan fingerprint density at radius 3 is 2.50 bits per heavy atom. The van der Waals surface area contributed by atoms with E-state index in [0.29, 0.717) is 23.8 Å². The number of nitrogens with zero attached hydrogens (tertiary/aromatic N) is 1. The van der Waals surface area contributed by atoms with Crippen molar-refractivity contribution in [1.82, 2.24) is 5.32 Å². The number of sulfonamides is 1. The molecule has 0 saturated heterocycles. The predicted octanol–water partition coefficient (Wildman–Crippen LogP) is 3.39. The number of carbonyl (C=O) groups excluding carboxylic acids is 1. The second-order valence-electron chi connectivity index (χ2n) is 7.54. The van der Waals surface area contributed by atoms with Crippen molar-refractivity contribution < 1.29 is 22.7 Å². The molecule has 7 nitrogen and oxygen atoms in total. The van der Waals surface area contributed by atoms with Gasteiger partial charge in [-0.1, -0.05) is 35.9 Å². The number of ether oxygens (including phenoxy) is 2. The van der Waals surface area contributed by atoms with E-state index in [4.69, 9.17) is 9.47 Å². The van der Waals surface area contributed by atoms with Crippen molar-refractivity contribution in [3.8, 4) is 11.5 Å². The summed E-state index contributed by atoms with van der Waals surface area (Å²) in [6, 6.07) is 20.5. The molecule has 0 saturated carbocycles. The van der Waals surface area contributed by atoms with Crippen molar-refractivity contribution >= 4 is 21.6 Å². The van der Waals surface area contributed by atoms with Crippen molar-refractivity contribution in [2.24, 2.45) is 0 Å². The number of para-hydroxylation sites is 2. The first-order chi connectivity index (χ1) is 15.3. The van der Waals surface area contributed by atoms with Gasteiger partial charge in [0, 0.05) is 12.6 Å². The highest BCUT2D eigenvalue weighted by Gasteiger charge is 2.24. The molecular weight excluding hydrogens is 428 g/mol. The largest absolute Gasteiger partial charge is 0.486 e. The van der Waals surface area contributed by atoms with Gasteiger partial charge in [-0.3, -0.25) is 9.10 Å². The lowest BCUT2D eigenvalue weighted by molar-refractivity contribution is 0.0789. The monoisotopic (exact) mass is 452 g/mol. The van der Waals surface area contributed by atoms with Crippen molar-refractivity contribution in [2.45, 2.75) is 17.9 Å². The Balaban J connectivity index is 1.44. The number of hydrogen-bond acceptors (Lipinski definition) is 5. The second kappa shape index (κ2) is 8.92. The quantitative estimate of drug-likeness (QED) is 0.620. The van der Waals surface area contributed by atoms with Crippen LogP contribution in [0.5, 0.6) is 11.5 Å². The SMILES string of the molecule is Cc1ccc(N(C)S(=O)(=O)c2cccc(C(=O)NCC3COc4ccccc4O3)c2)cc1. The van der Waals surface area contributed by atoms with Crippen LogP contribution in [0.15, 0.2) is 77.7 Å². The van der Waals surface area contributed by atoms with Crippen LogP contribution < -0.4 is 19.1 Å². The summed E-state index contributed by atoms with van der Waals surface area (Å²) in [5.74, 6) is 0.915. The molecule has 1 atom stereocenters. The van der Waals surface area contributed by atoms with Crippen LogP contribution in [-0.4, -0.2) is 40.6 Å². The second-order valence-corrected chi connectivity index (χ2v) is 9.51. The first kappa shape index (κ1) is 21.7. The van der Waals surface area contributed by atoms with Gasteiger partial charge in [0.1, 0.15) is 12.7 Å². The maximum atomic E-state index is 13.1. The molecule has 1 N–H and O–H groups in total. The molecule has 166 valence electrons. The average molecular weight is 453 g/mol. The molecule has 0 bridgehead atoms. The molecule has 0 spiro atoms. The number of amides is 1. The maximum absolute atomic E-state index is 13.1. The topological polar surface area (TPSA) is 84.9 Å². The Morgan fingerprint density at radius 2 is 1.75 bits per heavy atom. The summed E-state index contributed by atoms with van der Waals surface area (Å²) in [6.07, 6.45) is -0.339. The van der Waals surface area contributed by atoms with Gasteiger partial charge >= 0.3 is 0 Å². The Labute approximate surface area is 187 Å². The highest BCUT2D eigenvalue weighted by molar-refractivity contribution is 7.92. The third-order valence-corrected chi connectivity index (χ3v) is 6.99. The third-order valence-electron chi connectivity index (χ3n) is 5.21. The smallest absolute Gasteiger partial charge is 0.264 e. The molecular formula is C24H24N2O5S. The number of fused-ring (bicyclic) bond motifs is 1. The zero-order chi connectivity index (χ0) is 22.7. The molecule has 3 aromatic rings. The zero-order valence-corrected chi connectivity index (χ0v) is 18.6. The molecule has 0 aliphatic carbocycles. The number of aryl methyl sites for hydroxylation is 1. The lowest BCUT2D eigenvalue weighted by atomic mass is 10.2. The van der Waals surface area contributed by atoms with Crippen molar-refractivity contribution in [2.75, 3.05) is 24.5 Å². The standard InChI is InChI=1S/C24H24N2O5S/c1-17-10-12-19(13-11-17)26(2)32(28,29)21-7-5-6-18(14-21)24(27)25-15-20-16-30-22-8-3-4-9-23(22)31-20/h3-14,20H,15-16H2,1-2H3,(H,25,27). The van der Waals surface area contributed by atoms with Crippen molar-refractivity contribution in [3.05, 3.63) is 83.9 Å². The van der Waals surface area contributed by atoms with Crippen molar-refractivity contribution in [3.63, 3.8) is 0 Å². The minimum absolute atomic E-state index is 0.0411. The van der Waals surface area contributed by atoms with E-state index in [1.807, 2.05) is 43.3 Å². The number of carbonyl (C=O) groups is 1. The fraction of sp³-hybridized carbons (Fsp3) is 0.208. The van der Waals surface area contributed by atoms with Crippen LogP contribution in [0.1, 0.15) is 15.9 Å². The molecule has 1 heterocycles. The van der Waals surface area contributed by atoms with E-state index in [0.717, 1.165) is 5.56 Å². The highest BCUT2D eigenvalue weighted by Crippen LogP contribution is 2.30. The van der Waals surface area contributed by atoms with E-state index in [-0.39, 0.29) is 29.0 Å². The Kier molecular flexibility index (Phi) is 6.05. The molecule has 3 aromatic carbocycles. The van der Waals surface area contributed by atoms with E-state index in [9.17, 15) is 13.2 Å². The van der Waals surface area contributed by atoms with Gasteiger partial charge in [0.15, 0.2) is 11.5 Å². The molecule has 0 aromatic heterocycles.